The summed E-state index contributed by atoms with van der Waals surface area (Å²) in [6.07, 6.45) is 5.36. The summed E-state index contributed by atoms with van der Waals surface area (Å²) in [5.74, 6) is -0.345. The van der Waals surface area contributed by atoms with E-state index in [9.17, 15) is 4.79 Å². The number of nitriles is 1. The second-order valence-electron chi connectivity index (χ2n) is 7.71. The molecule has 3 heterocycles. The van der Waals surface area contributed by atoms with Crippen molar-refractivity contribution in [1.29, 1.82) is 5.26 Å². The van der Waals surface area contributed by atoms with E-state index in [0.29, 0.717) is 17.9 Å². The Morgan fingerprint density at radius 3 is 2.90 bits per heavy atom. The fourth-order valence-corrected chi connectivity index (χ4v) is 4.83. The number of benzene rings is 1. The standard InChI is InChI=1S/C23H27N5O2S/c1-2-30-22(29)21-16-31-23(26-21)28-11-9-27(10-12-28)8-4-3-5-18-15-25-20-7-6-17(14-24)13-19(18)20/h6-7,13,15-16,25H,2-5,8-12H2,1H3. The number of esters is 1. The van der Waals surface area contributed by atoms with Crippen molar-refractivity contribution in [3.63, 3.8) is 0 Å². The van der Waals surface area contributed by atoms with E-state index in [1.54, 1.807) is 12.3 Å². The molecule has 1 aliphatic heterocycles. The van der Waals surface area contributed by atoms with Gasteiger partial charge < -0.3 is 14.6 Å². The molecule has 1 aromatic carbocycles. The Balaban J connectivity index is 1.21. The Labute approximate surface area is 186 Å². The first-order valence-electron chi connectivity index (χ1n) is 10.8. The van der Waals surface area contributed by atoms with Gasteiger partial charge in [0.25, 0.3) is 0 Å². The third-order valence-electron chi connectivity index (χ3n) is 5.69. The summed E-state index contributed by atoms with van der Waals surface area (Å²) in [4.78, 5) is 24.3. The van der Waals surface area contributed by atoms with Gasteiger partial charge in [0, 0.05) is 48.7 Å². The lowest BCUT2D eigenvalue weighted by Gasteiger charge is -2.34. The van der Waals surface area contributed by atoms with E-state index in [2.05, 4.69) is 32.0 Å². The van der Waals surface area contributed by atoms with Crippen LogP contribution in [0.25, 0.3) is 10.9 Å². The van der Waals surface area contributed by atoms with E-state index >= 15 is 0 Å². The fourth-order valence-electron chi connectivity index (χ4n) is 3.98. The Kier molecular flexibility index (Phi) is 6.85. The van der Waals surface area contributed by atoms with Gasteiger partial charge in [-0.05, 0) is 56.5 Å². The molecule has 1 aliphatic rings. The number of aryl methyl sites for hydroxylation is 1. The molecule has 162 valence electrons. The minimum Gasteiger partial charge on any atom is -0.461 e. The first kappa shape index (κ1) is 21.3. The number of anilines is 1. The molecular formula is C23H27N5O2S. The Morgan fingerprint density at radius 1 is 1.29 bits per heavy atom. The molecule has 0 saturated carbocycles. The van der Waals surface area contributed by atoms with Crippen LogP contribution in [0.3, 0.4) is 0 Å². The molecule has 2 aromatic heterocycles. The fraction of sp³-hybridized carbons (Fsp3) is 0.435. The summed E-state index contributed by atoms with van der Waals surface area (Å²) in [5.41, 5.74) is 3.50. The number of nitrogens with zero attached hydrogens (tertiary/aromatic N) is 4. The van der Waals surface area contributed by atoms with Crippen LogP contribution in [0.5, 0.6) is 0 Å². The average Bonchev–Trinajstić information content (AvgIpc) is 3.45. The predicted molar refractivity (Wildman–Crippen MR) is 123 cm³/mol. The van der Waals surface area contributed by atoms with Crippen LogP contribution in [0.1, 0.15) is 41.4 Å². The Hall–Kier alpha value is -2.89. The van der Waals surface area contributed by atoms with E-state index in [1.807, 2.05) is 18.2 Å². The number of hydrogen-bond donors (Lipinski definition) is 1. The molecule has 0 unspecified atom stereocenters. The summed E-state index contributed by atoms with van der Waals surface area (Å²) in [6.45, 7) is 7.12. The monoisotopic (exact) mass is 437 g/mol. The highest BCUT2D eigenvalue weighted by Crippen LogP contribution is 2.23. The van der Waals surface area contributed by atoms with Crippen molar-refractivity contribution >= 4 is 33.3 Å². The summed E-state index contributed by atoms with van der Waals surface area (Å²) >= 11 is 1.51. The molecule has 1 saturated heterocycles. The number of piperazine rings is 1. The van der Waals surface area contributed by atoms with Gasteiger partial charge in [-0.2, -0.15) is 5.26 Å². The molecule has 4 rings (SSSR count). The van der Waals surface area contributed by atoms with Crippen LogP contribution >= 0.6 is 11.3 Å². The number of H-pyrrole nitrogens is 1. The van der Waals surface area contributed by atoms with Crippen LogP contribution < -0.4 is 4.90 Å². The third-order valence-corrected chi connectivity index (χ3v) is 6.59. The average molecular weight is 438 g/mol. The third kappa shape index (κ3) is 5.06. The highest BCUT2D eigenvalue weighted by molar-refractivity contribution is 7.13. The largest absolute Gasteiger partial charge is 0.461 e. The van der Waals surface area contributed by atoms with Gasteiger partial charge in [0.1, 0.15) is 0 Å². The number of ether oxygens (including phenoxy) is 1. The summed E-state index contributed by atoms with van der Waals surface area (Å²) < 4.78 is 5.02. The molecule has 3 aromatic rings. The lowest BCUT2D eigenvalue weighted by molar-refractivity contribution is 0.0520. The minimum atomic E-state index is -0.345. The first-order valence-corrected chi connectivity index (χ1v) is 11.7. The molecule has 31 heavy (non-hydrogen) atoms. The van der Waals surface area contributed by atoms with Gasteiger partial charge in [0.15, 0.2) is 10.8 Å². The van der Waals surface area contributed by atoms with E-state index in [0.717, 1.165) is 62.6 Å². The lowest BCUT2D eigenvalue weighted by atomic mass is 10.1. The maximum atomic E-state index is 11.8. The van der Waals surface area contributed by atoms with Crippen LogP contribution in [-0.4, -0.2) is 60.2 Å². The van der Waals surface area contributed by atoms with Gasteiger partial charge >= 0.3 is 5.97 Å². The number of aromatic nitrogens is 2. The van der Waals surface area contributed by atoms with Crippen molar-refractivity contribution in [2.45, 2.75) is 26.2 Å². The summed E-state index contributed by atoms with van der Waals surface area (Å²) in [5, 5.41) is 13.0. The number of unbranched alkanes of at least 4 members (excludes halogenated alkanes) is 1. The minimum absolute atomic E-state index is 0.345. The molecule has 0 aliphatic carbocycles. The molecule has 7 nitrogen and oxygen atoms in total. The molecule has 0 amide bonds. The zero-order valence-corrected chi connectivity index (χ0v) is 18.6. The van der Waals surface area contributed by atoms with Crippen molar-refractivity contribution < 1.29 is 9.53 Å². The first-order chi connectivity index (χ1) is 15.2. The number of carbonyl (C=O) groups is 1. The van der Waals surface area contributed by atoms with E-state index < -0.39 is 0 Å². The number of aromatic amines is 1. The van der Waals surface area contributed by atoms with Crippen molar-refractivity contribution in [1.82, 2.24) is 14.9 Å². The molecule has 0 spiro atoms. The molecule has 1 N–H and O–H groups in total. The number of rotatable bonds is 8. The lowest BCUT2D eigenvalue weighted by Crippen LogP contribution is -2.46. The van der Waals surface area contributed by atoms with Gasteiger partial charge in [-0.15, -0.1) is 11.3 Å². The van der Waals surface area contributed by atoms with Gasteiger partial charge in [-0.1, -0.05) is 0 Å². The van der Waals surface area contributed by atoms with Crippen LogP contribution in [0.4, 0.5) is 5.13 Å². The maximum Gasteiger partial charge on any atom is 0.357 e. The molecule has 0 radical (unpaired) electrons. The quantitative estimate of drug-likeness (QED) is 0.426. The molecular weight excluding hydrogens is 410 g/mol. The van der Waals surface area contributed by atoms with Gasteiger partial charge in [0.05, 0.1) is 18.2 Å². The van der Waals surface area contributed by atoms with Crippen LogP contribution in [0, 0.1) is 11.3 Å². The van der Waals surface area contributed by atoms with Gasteiger partial charge in [-0.3, -0.25) is 4.90 Å². The summed E-state index contributed by atoms with van der Waals surface area (Å²) in [7, 11) is 0. The highest BCUT2D eigenvalue weighted by Gasteiger charge is 2.21. The number of hydrogen-bond acceptors (Lipinski definition) is 7. The zero-order chi connectivity index (χ0) is 21.6. The van der Waals surface area contributed by atoms with Crippen molar-refractivity contribution in [2.75, 3.05) is 44.2 Å². The molecule has 0 bridgehead atoms. The van der Waals surface area contributed by atoms with Crippen molar-refractivity contribution in [3.05, 3.63) is 46.6 Å². The van der Waals surface area contributed by atoms with Crippen LogP contribution in [0.15, 0.2) is 29.8 Å². The van der Waals surface area contributed by atoms with Crippen molar-refractivity contribution in [2.24, 2.45) is 0 Å². The van der Waals surface area contributed by atoms with E-state index in [-0.39, 0.29) is 5.97 Å². The molecule has 8 heteroatoms. The number of carbonyl (C=O) groups excluding carboxylic acids is 1. The topological polar surface area (TPSA) is 85.2 Å². The van der Waals surface area contributed by atoms with Crippen LogP contribution in [-0.2, 0) is 11.2 Å². The van der Waals surface area contributed by atoms with Crippen molar-refractivity contribution in [3.8, 4) is 6.07 Å². The smallest absolute Gasteiger partial charge is 0.357 e. The Bertz CT molecular complexity index is 1080. The molecule has 0 atom stereocenters. The normalized spacial score (nSPS) is 14.6. The summed E-state index contributed by atoms with van der Waals surface area (Å²) in [6, 6.07) is 8.04. The highest BCUT2D eigenvalue weighted by atomic mass is 32.1. The number of nitrogens with one attached hydrogen (secondary N) is 1. The van der Waals surface area contributed by atoms with E-state index in [4.69, 9.17) is 10.00 Å². The maximum absolute atomic E-state index is 11.8. The van der Waals surface area contributed by atoms with Crippen LogP contribution in [0.2, 0.25) is 0 Å². The second-order valence-corrected chi connectivity index (χ2v) is 8.54. The SMILES string of the molecule is CCOC(=O)c1csc(N2CCN(CCCCc3c[nH]c4ccc(C#N)cc34)CC2)n1. The Morgan fingerprint density at radius 2 is 2.13 bits per heavy atom. The van der Waals surface area contributed by atoms with E-state index in [1.165, 1.54) is 22.3 Å². The van der Waals surface area contributed by atoms with Gasteiger partial charge in [0.2, 0.25) is 0 Å². The molecule has 1 fully saturated rings. The second kappa shape index (κ2) is 9.94. The zero-order valence-electron chi connectivity index (χ0n) is 17.8. The number of thiazole rings is 1. The number of fused-ring (bicyclic) bond motifs is 1. The van der Waals surface area contributed by atoms with Gasteiger partial charge in [-0.25, -0.2) is 9.78 Å². The predicted octanol–water partition coefficient (Wildman–Crippen LogP) is 3.82.